The van der Waals surface area contributed by atoms with E-state index in [2.05, 4.69) is 0 Å². The van der Waals surface area contributed by atoms with Crippen molar-refractivity contribution in [3.8, 4) is 0 Å². The molecule has 0 fully saturated rings. The van der Waals surface area contributed by atoms with Crippen LogP contribution in [0.4, 0.5) is 14.9 Å². The summed E-state index contributed by atoms with van der Waals surface area (Å²) >= 11 is 0. The minimum absolute atomic E-state index is 0.0962. The summed E-state index contributed by atoms with van der Waals surface area (Å²) in [5.41, 5.74) is 9.95. The van der Waals surface area contributed by atoms with Crippen molar-refractivity contribution in [2.75, 3.05) is 5.73 Å². The van der Waals surface area contributed by atoms with Gasteiger partial charge in [0.1, 0.15) is 11.1 Å². The van der Waals surface area contributed by atoms with Gasteiger partial charge in [-0.1, -0.05) is 0 Å². The molecule has 19 heavy (non-hydrogen) atoms. The fourth-order valence-corrected chi connectivity index (χ4v) is 2.64. The summed E-state index contributed by atoms with van der Waals surface area (Å²) in [5, 5.41) is 0.0334. The van der Waals surface area contributed by atoms with Crippen LogP contribution in [0, 0.1) is 5.82 Å². The van der Waals surface area contributed by atoms with Gasteiger partial charge in [0, 0.05) is 5.69 Å². The fraction of sp³-hybridized carbons (Fsp3) is 0.200. The molecule has 0 bridgehead atoms. The lowest BCUT2D eigenvalue weighted by atomic mass is 10.3. The van der Waals surface area contributed by atoms with Crippen molar-refractivity contribution in [2.24, 2.45) is 5.73 Å². The van der Waals surface area contributed by atoms with Crippen LogP contribution < -0.4 is 16.8 Å². The van der Waals surface area contributed by atoms with Gasteiger partial charge < -0.3 is 11.5 Å². The Balaban J connectivity index is 3.16. The van der Waals surface area contributed by atoms with Gasteiger partial charge in [-0.05, 0) is 25.1 Å². The van der Waals surface area contributed by atoms with E-state index in [1.165, 1.54) is 0 Å². The van der Waals surface area contributed by atoms with Crippen LogP contribution in [0.15, 0.2) is 23.1 Å². The van der Waals surface area contributed by atoms with Gasteiger partial charge in [0.25, 0.3) is 0 Å². The number of hydrogen-bond acceptors (Lipinski definition) is 5. The SMILES string of the molecule is CC(C(=O)NC(N)=O)S(=O)(=O)c1cc(N)cc(F)c1. The molecule has 3 amide bonds. The Labute approximate surface area is 108 Å². The first-order chi connectivity index (χ1) is 8.64. The molecule has 0 spiro atoms. The highest BCUT2D eigenvalue weighted by molar-refractivity contribution is 7.92. The van der Waals surface area contributed by atoms with Crippen molar-refractivity contribution < 1.29 is 22.4 Å². The Bertz CT molecular complexity index is 609. The number of nitrogen functional groups attached to an aromatic ring is 1. The van der Waals surface area contributed by atoms with Crippen LogP contribution in [0.2, 0.25) is 0 Å². The lowest BCUT2D eigenvalue weighted by Crippen LogP contribution is -2.43. The molecule has 7 nitrogen and oxygen atoms in total. The first-order valence-corrected chi connectivity index (χ1v) is 6.59. The number of imide groups is 1. The normalized spacial score (nSPS) is 12.7. The van der Waals surface area contributed by atoms with Gasteiger partial charge in [0.05, 0.1) is 4.90 Å². The first kappa shape index (κ1) is 14.9. The van der Waals surface area contributed by atoms with Crippen LogP contribution in [0.1, 0.15) is 6.92 Å². The molecular weight excluding hydrogens is 277 g/mol. The Morgan fingerprint density at radius 2 is 1.89 bits per heavy atom. The van der Waals surface area contributed by atoms with E-state index in [0.717, 1.165) is 25.1 Å². The highest BCUT2D eigenvalue weighted by atomic mass is 32.2. The van der Waals surface area contributed by atoms with Crippen LogP contribution in [0.5, 0.6) is 0 Å². The van der Waals surface area contributed by atoms with Gasteiger partial charge in [-0.15, -0.1) is 0 Å². The minimum Gasteiger partial charge on any atom is -0.399 e. The lowest BCUT2D eigenvalue weighted by molar-refractivity contribution is -0.119. The highest BCUT2D eigenvalue weighted by Gasteiger charge is 2.31. The van der Waals surface area contributed by atoms with Gasteiger partial charge in [-0.25, -0.2) is 17.6 Å². The van der Waals surface area contributed by atoms with Crippen molar-refractivity contribution in [2.45, 2.75) is 17.1 Å². The number of sulfone groups is 1. The van der Waals surface area contributed by atoms with Crippen molar-refractivity contribution in [1.82, 2.24) is 5.32 Å². The first-order valence-electron chi connectivity index (χ1n) is 5.05. The molecule has 0 aliphatic heterocycles. The number of urea groups is 1. The second kappa shape index (κ2) is 5.22. The molecule has 5 N–H and O–H groups in total. The summed E-state index contributed by atoms with van der Waals surface area (Å²) in [4.78, 5) is 21.5. The van der Waals surface area contributed by atoms with E-state index in [9.17, 15) is 22.4 Å². The molecule has 0 heterocycles. The largest absolute Gasteiger partial charge is 0.399 e. The molecule has 1 unspecified atom stereocenters. The van der Waals surface area contributed by atoms with Crippen molar-refractivity contribution in [3.63, 3.8) is 0 Å². The molecule has 0 saturated carbocycles. The third kappa shape index (κ3) is 3.41. The molecule has 0 aliphatic carbocycles. The standard InChI is InChI=1S/C10H12FN3O4S/c1-5(9(15)14-10(13)16)19(17,18)8-3-6(11)2-7(12)4-8/h2-5H,12H2,1H3,(H3,13,14,15,16). The highest BCUT2D eigenvalue weighted by Crippen LogP contribution is 2.20. The Kier molecular flexibility index (Phi) is 4.10. The topological polar surface area (TPSA) is 132 Å². The van der Waals surface area contributed by atoms with Crippen LogP contribution in [0.3, 0.4) is 0 Å². The van der Waals surface area contributed by atoms with Gasteiger partial charge in [0.15, 0.2) is 9.84 Å². The monoisotopic (exact) mass is 289 g/mol. The number of hydrogen-bond donors (Lipinski definition) is 3. The number of carbonyl (C=O) groups is 2. The zero-order valence-electron chi connectivity index (χ0n) is 9.88. The molecule has 1 aromatic rings. The molecule has 0 aliphatic rings. The number of anilines is 1. The lowest BCUT2D eigenvalue weighted by Gasteiger charge is -2.12. The maximum atomic E-state index is 13.1. The van der Waals surface area contributed by atoms with E-state index in [-0.39, 0.29) is 5.69 Å². The molecular formula is C10H12FN3O4S. The van der Waals surface area contributed by atoms with Crippen LogP contribution >= 0.6 is 0 Å². The summed E-state index contributed by atoms with van der Waals surface area (Å²) in [5.74, 6) is -1.95. The number of nitrogens with two attached hydrogens (primary N) is 2. The van der Waals surface area contributed by atoms with Crippen molar-refractivity contribution in [1.29, 1.82) is 0 Å². The third-order valence-electron chi connectivity index (χ3n) is 2.30. The number of nitrogens with one attached hydrogen (secondary N) is 1. The third-order valence-corrected chi connectivity index (χ3v) is 4.34. The number of amides is 3. The molecule has 1 atom stereocenters. The van der Waals surface area contributed by atoms with E-state index in [0.29, 0.717) is 0 Å². The minimum atomic E-state index is -4.17. The maximum Gasteiger partial charge on any atom is 0.318 e. The predicted molar refractivity (Wildman–Crippen MR) is 65.2 cm³/mol. The Morgan fingerprint density at radius 3 is 2.37 bits per heavy atom. The molecule has 9 heteroatoms. The van der Waals surface area contributed by atoms with Gasteiger partial charge >= 0.3 is 6.03 Å². The van der Waals surface area contributed by atoms with E-state index < -0.39 is 37.7 Å². The average molecular weight is 289 g/mol. The van der Waals surface area contributed by atoms with Crippen LogP contribution in [-0.2, 0) is 14.6 Å². The fourth-order valence-electron chi connectivity index (χ4n) is 1.32. The maximum absolute atomic E-state index is 13.1. The van der Waals surface area contributed by atoms with Gasteiger partial charge in [0.2, 0.25) is 5.91 Å². The average Bonchev–Trinajstić information content (AvgIpc) is 2.25. The molecule has 0 saturated heterocycles. The zero-order chi connectivity index (χ0) is 14.8. The number of halogens is 1. The summed E-state index contributed by atoms with van der Waals surface area (Å²) in [6.07, 6.45) is 0. The number of carbonyl (C=O) groups excluding carboxylic acids is 2. The van der Waals surface area contributed by atoms with Gasteiger partial charge in [-0.2, -0.15) is 0 Å². The quantitative estimate of drug-likeness (QED) is 0.661. The summed E-state index contributed by atoms with van der Waals surface area (Å²) in [6, 6.07) is 1.52. The summed E-state index contributed by atoms with van der Waals surface area (Å²) in [6.45, 7) is 1.05. The van der Waals surface area contributed by atoms with E-state index >= 15 is 0 Å². The Hall–Kier alpha value is -2.16. The molecule has 1 aromatic carbocycles. The van der Waals surface area contributed by atoms with E-state index in [1.807, 2.05) is 0 Å². The Morgan fingerprint density at radius 1 is 1.32 bits per heavy atom. The second-order valence-electron chi connectivity index (χ2n) is 3.76. The second-order valence-corrected chi connectivity index (χ2v) is 6.03. The smallest absolute Gasteiger partial charge is 0.318 e. The van der Waals surface area contributed by atoms with Crippen molar-refractivity contribution in [3.05, 3.63) is 24.0 Å². The predicted octanol–water partition coefficient (Wildman–Crippen LogP) is -0.235. The zero-order valence-corrected chi connectivity index (χ0v) is 10.7. The molecule has 0 radical (unpaired) electrons. The van der Waals surface area contributed by atoms with Gasteiger partial charge in [-0.3, -0.25) is 10.1 Å². The summed E-state index contributed by atoms with van der Waals surface area (Å²) < 4.78 is 37.2. The van der Waals surface area contributed by atoms with E-state index in [1.54, 1.807) is 5.32 Å². The summed E-state index contributed by atoms with van der Waals surface area (Å²) in [7, 11) is -4.17. The van der Waals surface area contributed by atoms with E-state index in [4.69, 9.17) is 11.5 Å². The molecule has 0 aromatic heterocycles. The number of benzene rings is 1. The number of rotatable bonds is 3. The number of primary amides is 1. The van der Waals surface area contributed by atoms with Crippen molar-refractivity contribution >= 4 is 27.5 Å². The van der Waals surface area contributed by atoms with Crippen LogP contribution in [-0.4, -0.2) is 25.6 Å². The molecule has 104 valence electrons. The molecule has 1 rings (SSSR count). The van der Waals surface area contributed by atoms with Crippen LogP contribution in [0.25, 0.3) is 0 Å².